The van der Waals surface area contributed by atoms with Gasteiger partial charge in [-0.25, -0.2) is 15.0 Å². The molecule has 0 aliphatic rings. The zero-order chi connectivity index (χ0) is 40.1. The monoisotopic (exact) mass is 765 g/mol. The van der Waals surface area contributed by atoms with E-state index in [-0.39, 0.29) is 0 Å². The van der Waals surface area contributed by atoms with Gasteiger partial charge in [0.05, 0.1) is 0 Å². The van der Waals surface area contributed by atoms with E-state index in [4.69, 9.17) is 15.0 Å². The molecule has 282 valence electrons. The van der Waals surface area contributed by atoms with Gasteiger partial charge in [0.2, 0.25) is 0 Å². The molecule has 60 heavy (non-hydrogen) atoms. The predicted octanol–water partition coefficient (Wildman–Crippen LogP) is 14.9. The Morgan fingerprint density at radius 1 is 0.167 bits per heavy atom. The summed E-state index contributed by atoms with van der Waals surface area (Å²) >= 11 is 0. The lowest BCUT2D eigenvalue weighted by molar-refractivity contribution is 1.07. The summed E-state index contributed by atoms with van der Waals surface area (Å²) in [4.78, 5) is 15.9. The number of hydrogen-bond donors (Lipinski definition) is 0. The second-order valence-electron chi connectivity index (χ2n) is 14.8. The first-order valence-electron chi connectivity index (χ1n) is 20.3. The lowest BCUT2D eigenvalue weighted by Crippen LogP contribution is -2.01. The first kappa shape index (κ1) is 36.3. The fraction of sp³-hybridized carbons (Fsp3) is 0. The minimum atomic E-state index is 0.600. The van der Waals surface area contributed by atoms with E-state index in [1.54, 1.807) is 0 Å². The minimum absolute atomic E-state index is 0.600. The average Bonchev–Trinajstić information content (AvgIpc) is 3.35. The molecule has 0 saturated heterocycles. The van der Waals surface area contributed by atoms with Crippen molar-refractivity contribution in [2.24, 2.45) is 0 Å². The lowest BCUT2D eigenvalue weighted by atomic mass is 9.89. The molecule has 0 saturated carbocycles. The van der Waals surface area contributed by atoms with Gasteiger partial charge in [-0.05, 0) is 97.1 Å². The quantitative estimate of drug-likeness (QED) is 0.147. The Balaban J connectivity index is 1.21. The summed E-state index contributed by atoms with van der Waals surface area (Å²) < 4.78 is 0. The number of nitrogens with zero attached hydrogens (tertiary/aromatic N) is 3. The van der Waals surface area contributed by atoms with Gasteiger partial charge in [-0.2, -0.15) is 0 Å². The van der Waals surface area contributed by atoms with Crippen LogP contribution in [0.5, 0.6) is 0 Å². The Kier molecular flexibility index (Phi) is 9.97. The molecule has 9 aromatic carbocycles. The van der Waals surface area contributed by atoms with Crippen LogP contribution >= 0.6 is 0 Å². The van der Waals surface area contributed by atoms with Crippen molar-refractivity contribution in [1.29, 1.82) is 0 Å². The third-order valence-electron chi connectivity index (χ3n) is 10.9. The number of rotatable bonds is 9. The second-order valence-corrected chi connectivity index (χ2v) is 14.8. The average molecular weight is 766 g/mol. The van der Waals surface area contributed by atoms with E-state index < -0.39 is 0 Å². The van der Waals surface area contributed by atoms with E-state index in [2.05, 4.69) is 224 Å². The molecule has 1 heterocycles. The van der Waals surface area contributed by atoms with E-state index in [1.165, 1.54) is 0 Å². The molecule has 0 N–H and O–H groups in total. The molecule has 0 amide bonds. The molecule has 0 bridgehead atoms. The molecule has 10 aromatic rings. The molecule has 0 spiro atoms. The highest BCUT2D eigenvalue weighted by Crippen LogP contribution is 2.40. The van der Waals surface area contributed by atoms with Gasteiger partial charge in [0.25, 0.3) is 0 Å². The predicted molar refractivity (Wildman–Crippen MR) is 249 cm³/mol. The highest BCUT2D eigenvalue weighted by atomic mass is 15.0. The van der Waals surface area contributed by atoms with Gasteiger partial charge < -0.3 is 0 Å². The van der Waals surface area contributed by atoms with Crippen LogP contribution in [0.3, 0.4) is 0 Å². The maximum absolute atomic E-state index is 5.32. The van der Waals surface area contributed by atoms with E-state index in [9.17, 15) is 0 Å². The summed E-state index contributed by atoms with van der Waals surface area (Å²) in [6.45, 7) is 0. The summed E-state index contributed by atoms with van der Waals surface area (Å²) in [6, 6.07) is 83.1. The maximum Gasteiger partial charge on any atom is 0.164 e. The van der Waals surface area contributed by atoms with E-state index >= 15 is 0 Å². The molecular formula is C57H39N3. The van der Waals surface area contributed by atoms with Gasteiger partial charge in [0.1, 0.15) is 0 Å². The Hall–Kier alpha value is -8.01. The summed E-state index contributed by atoms with van der Waals surface area (Å²) in [5, 5.41) is 0. The Morgan fingerprint density at radius 2 is 0.417 bits per heavy atom. The minimum Gasteiger partial charge on any atom is -0.208 e. The Labute approximate surface area is 351 Å². The molecule has 0 radical (unpaired) electrons. The van der Waals surface area contributed by atoms with Crippen LogP contribution < -0.4 is 0 Å². The molecule has 3 nitrogen and oxygen atoms in total. The van der Waals surface area contributed by atoms with Gasteiger partial charge in [0, 0.05) is 16.7 Å². The summed E-state index contributed by atoms with van der Waals surface area (Å²) in [7, 11) is 0. The van der Waals surface area contributed by atoms with Crippen LogP contribution in [0.15, 0.2) is 237 Å². The molecule has 0 aliphatic heterocycles. The van der Waals surface area contributed by atoms with Crippen molar-refractivity contribution < 1.29 is 0 Å². The molecule has 0 unspecified atom stereocenters. The van der Waals surface area contributed by atoms with Crippen molar-refractivity contribution in [1.82, 2.24) is 15.0 Å². The van der Waals surface area contributed by atoms with Crippen LogP contribution in [-0.4, -0.2) is 15.0 Å². The third kappa shape index (κ3) is 7.56. The highest BCUT2D eigenvalue weighted by molar-refractivity contribution is 5.91. The lowest BCUT2D eigenvalue weighted by Gasteiger charge is -2.16. The van der Waals surface area contributed by atoms with Crippen LogP contribution in [0.2, 0.25) is 0 Å². The molecular weight excluding hydrogens is 727 g/mol. The summed E-state index contributed by atoms with van der Waals surface area (Å²) in [5.74, 6) is 1.82. The molecule has 10 rings (SSSR count). The van der Waals surface area contributed by atoms with Crippen LogP contribution in [0.1, 0.15) is 0 Å². The fourth-order valence-electron chi connectivity index (χ4n) is 7.98. The third-order valence-corrected chi connectivity index (χ3v) is 10.9. The van der Waals surface area contributed by atoms with Gasteiger partial charge in [-0.1, -0.05) is 206 Å². The Bertz CT molecular complexity index is 2870. The summed E-state index contributed by atoms with van der Waals surface area (Å²) in [5.41, 5.74) is 16.2. The van der Waals surface area contributed by atoms with Crippen molar-refractivity contribution >= 4 is 0 Å². The maximum atomic E-state index is 5.32. The van der Waals surface area contributed by atoms with Crippen molar-refractivity contribution in [2.75, 3.05) is 0 Å². The number of hydrogen-bond acceptors (Lipinski definition) is 3. The largest absolute Gasteiger partial charge is 0.208 e. The SMILES string of the molecule is c1ccc(-c2cccc(-c3nc(-c4cccc(-c5ccccc5)c4)nc(-c4cc(-c5ccccc5-c5ccccc5)cc(-c5ccccc5-c5ccccc5)c4)n3)c2)cc1. The smallest absolute Gasteiger partial charge is 0.164 e. The van der Waals surface area contributed by atoms with Crippen molar-refractivity contribution in [3.8, 4) is 101 Å². The topological polar surface area (TPSA) is 38.7 Å². The molecule has 3 heteroatoms. The molecule has 1 aromatic heterocycles. The van der Waals surface area contributed by atoms with Crippen molar-refractivity contribution in [3.63, 3.8) is 0 Å². The summed E-state index contributed by atoms with van der Waals surface area (Å²) in [6.07, 6.45) is 0. The van der Waals surface area contributed by atoms with Crippen molar-refractivity contribution in [3.05, 3.63) is 237 Å². The van der Waals surface area contributed by atoms with E-state index in [0.29, 0.717) is 17.5 Å². The van der Waals surface area contributed by atoms with Crippen LogP contribution in [0, 0.1) is 0 Å². The molecule has 0 aliphatic carbocycles. The fourth-order valence-corrected chi connectivity index (χ4v) is 7.98. The number of aromatic nitrogens is 3. The van der Waals surface area contributed by atoms with Gasteiger partial charge in [-0.3, -0.25) is 0 Å². The molecule has 0 atom stereocenters. The van der Waals surface area contributed by atoms with Crippen LogP contribution in [0.25, 0.3) is 101 Å². The first-order valence-corrected chi connectivity index (χ1v) is 20.3. The molecule has 0 fully saturated rings. The van der Waals surface area contributed by atoms with Gasteiger partial charge >= 0.3 is 0 Å². The highest BCUT2D eigenvalue weighted by Gasteiger charge is 2.18. The zero-order valence-corrected chi connectivity index (χ0v) is 32.9. The zero-order valence-electron chi connectivity index (χ0n) is 32.9. The van der Waals surface area contributed by atoms with Gasteiger partial charge in [-0.15, -0.1) is 0 Å². The van der Waals surface area contributed by atoms with Crippen LogP contribution in [0.4, 0.5) is 0 Å². The van der Waals surface area contributed by atoms with Crippen LogP contribution in [-0.2, 0) is 0 Å². The van der Waals surface area contributed by atoms with Crippen molar-refractivity contribution in [2.45, 2.75) is 0 Å². The standard InChI is InChI=1S/C57H39N3/c1-5-19-40(20-6-1)44-27-17-29-46(35-44)55-58-56(47-30-18-28-45(36-47)41-21-7-2-8-22-41)60-57(59-55)50-38-48(53-33-15-13-31-51(53)42-23-9-3-10-24-42)37-49(39-50)54-34-16-14-32-52(54)43-25-11-4-12-26-43/h1-39H. The van der Waals surface area contributed by atoms with E-state index in [0.717, 1.165) is 83.5 Å². The number of benzene rings is 9. The van der Waals surface area contributed by atoms with E-state index in [1.807, 2.05) is 12.1 Å². The Morgan fingerprint density at radius 3 is 0.800 bits per heavy atom. The first-order chi connectivity index (χ1) is 29.7. The normalized spacial score (nSPS) is 11.0. The second kappa shape index (κ2) is 16.5. The van der Waals surface area contributed by atoms with Gasteiger partial charge in [0.15, 0.2) is 17.5 Å².